The van der Waals surface area contributed by atoms with Gasteiger partial charge in [0.2, 0.25) is 0 Å². The SMILES string of the molecule is COC(=O)C[C@@H]1CSCCN1Cc1csc(C(C)C)n1. The minimum Gasteiger partial charge on any atom is -0.469 e. The van der Waals surface area contributed by atoms with E-state index in [9.17, 15) is 4.79 Å². The predicted octanol–water partition coefficient (Wildman–Crippen LogP) is 2.75. The summed E-state index contributed by atoms with van der Waals surface area (Å²) in [6.07, 6.45) is 0.477. The number of rotatable bonds is 5. The number of esters is 1. The summed E-state index contributed by atoms with van der Waals surface area (Å²) in [4.78, 5) is 18.6. The average Bonchev–Trinajstić information content (AvgIpc) is 2.89. The molecule has 112 valence electrons. The number of carbonyl (C=O) groups is 1. The van der Waals surface area contributed by atoms with Crippen molar-refractivity contribution in [3.8, 4) is 0 Å². The lowest BCUT2D eigenvalue weighted by molar-refractivity contribution is -0.141. The Balaban J connectivity index is 1.98. The van der Waals surface area contributed by atoms with E-state index in [-0.39, 0.29) is 12.0 Å². The first-order valence-electron chi connectivity index (χ1n) is 6.93. The molecule has 1 fully saturated rings. The number of thiazole rings is 1. The maximum atomic E-state index is 11.5. The number of methoxy groups -OCH3 is 1. The summed E-state index contributed by atoms with van der Waals surface area (Å²) in [5, 5.41) is 3.34. The lowest BCUT2D eigenvalue weighted by atomic mass is 10.2. The smallest absolute Gasteiger partial charge is 0.307 e. The zero-order valence-corrected chi connectivity index (χ0v) is 13.9. The number of carbonyl (C=O) groups excluding carboxylic acids is 1. The minimum absolute atomic E-state index is 0.122. The zero-order valence-electron chi connectivity index (χ0n) is 12.3. The summed E-state index contributed by atoms with van der Waals surface area (Å²) in [7, 11) is 1.46. The third-order valence-electron chi connectivity index (χ3n) is 3.41. The van der Waals surface area contributed by atoms with Gasteiger partial charge in [0.25, 0.3) is 0 Å². The van der Waals surface area contributed by atoms with Crippen LogP contribution in [-0.2, 0) is 16.1 Å². The Hall–Kier alpha value is -0.590. The van der Waals surface area contributed by atoms with E-state index < -0.39 is 0 Å². The van der Waals surface area contributed by atoms with E-state index in [1.54, 1.807) is 11.3 Å². The van der Waals surface area contributed by atoms with Gasteiger partial charge in [-0.3, -0.25) is 9.69 Å². The maximum absolute atomic E-state index is 11.5. The number of thioether (sulfide) groups is 1. The van der Waals surface area contributed by atoms with Gasteiger partial charge >= 0.3 is 5.97 Å². The molecule has 1 aromatic rings. The molecule has 0 spiro atoms. The maximum Gasteiger partial charge on any atom is 0.307 e. The second-order valence-corrected chi connectivity index (χ2v) is 7.35. The third kappa shape index (κ3) is 4.20. The van der Waals surface area contributed by atoms with E-state index in [0.29, 0.717) is 12.3 Å². The van der Waals surface area contributed by atoms with Crippen LogP contribution in [0.2, 0.25) is 0 Å². The molecule has 2 rings (SSSR count). The molecule has 0 aromatic carbocycles. The molecule has 0 N–H and O–H groups in total. The van der Waals surface area contributed by atoms with Gasteiger partial charge in [0.1, 0.15) is 0 Å². The molecule has 1 aromatic heterocycles. The molecule has 0 aliphatic carbocycles. The van der Waals surface area contributed by atoms with Crippen LogP contribution >= 0.6 is 23.1 Å². The second-order valence-electron chi connectivity index (χ2n) is 5.31. The van der Waals surface area contributed by atoms with Crippen LogP contribution in [0.25, 0.3) is 0 Å². The van der Waals surface area contributed by atoms with Crippen molar-refractivity contribution < 1.29 is 9.53 Å². The minimum atomic E-state index is -0.122. The van der Waals surface area contributed by atoms with Crippen LogP contribution in [-0.4, -0.2) is 47.1 Å². The molecular weight excluding hydrogens is 292 g/mol. The lowest BCUT2D eigenvalue weighted by Crippen LogP contribution is -2.43. The molecule has 1 saturated heterocycles. The Morgan fingerprint density at radius 3 is 3.05 bits per heavy atom. The molecule has 4 nitrogen and oxygen atoms in total. The molecule has 1 atom stereocenters. The van der Waals surface area contributed by atoms with Crippen molar-refractivity contribution in [2.24, 2.45) is 0 Å². The first kappa shape index (κ1) is 15.8. The van der Waals surface area contributed by atoms with Crippen molar-refractivity contribution in [2.45, 2.75) is 38.8 Å². The third-order valence-corrected chi connectivity index (χ3v) is 5.69. The fourth-order valence-electron chi connectivity index (χ4n) is 2.23. The highest BCUT2D eigenvalue weighted by Crippen LogP contribution is 2.24. The Morgan fingerprint density at radius 2 is 2.40 bits per heavy atom. The van der Waals surface area contributed by atoms with Crippen LogP contribution in [0.4, 0.5) is 0 Å². The van der Waals surface area contributed by atoms with Crippen molar-refractivity contribution in [1.29, 1.82) is 0 Å². The van der Waals surface area contributed by atoms with Gasteiger partial charge in [-0.15, -0.1) is 11.3 Å². The number of ether oxygens (including phenoxy) is 1. The molecule has 6 heteroatoms. The van der Waals surface area contributed by atoms with Gasteiger partial charge in [-0.05, 0) is 0 Å². The van der Waals surface area contributed by atoms with Crippen molar-refractivity contribution in [2.75, 3.05) is 25.2 Å². The molecular formula is C14H22N2O2S2. The molecule has 1 aliphatic heterocycles. The van der Waals surface area contributed by atoms with Crippen LogP contribution in [0.1, 0.15) is 36.9 Å². The van der Waals surface area contributed by atoms with E-state index >= 15 is 0 Å². The van der Waals surface area contributed by atoms with Gasteiger partial charge in [0.15, 0.2) is 0 Å². The van der Waals surface area contributed by atoms with Crippen molar-refractivity contribution in [3.63, 3.8) is 0 Å². The first-order chi connectivity index (χ1) is 9.60. The van der Waals surface area contributed by atoms with E-state index in [2.05, 4.69) is 24.1 Å². The summed E-state index contributed by atoms with van der Waals surface area (Å²) in [5.74, 6) is 2.48. The number of hydrogen-bond acceptors (Lipinski definition) is 6. The molecule has 0 unspecified atom stereocenters. The van der Waals surface area contributed by atoms with Crippen LogP contribution in [0.5, 0.6) is 0 Å². The Labute approximate surface area is 128 Å². The molecule has 0 radical (unpaired) electrons. The number of aromatic nitrogens is 1. The van der Waals surface area contributed by atoms with Crippen molar-refractivity contribution in [1.82, 2.24) is 9.88 Å². The van der Waals surface area contributed by atoms with Gasteiger partial charge < -0.3 is 4.74 Å². The highest BCUT2D eigenvalue weighted by atomic mass is 32.2. The number of hydrogen-bond donors (Lipinski definition) is 0. The van der Waals surface area contributed by atoms with Crippen molar-refractivity contribution in [3.05, 3.63) is 16.1 Å². The Bertz CT molecular complexity index is 448. The molecule has 2 heterocycles. The lowest BCUT2D eigenvalue weighted by Gasteiger charge is -2.34. The van der Waals surface area contributed by atoms with Gasteiger partial charge in [-0.1, -0.05) is 13.8 Å². The van der Waals surface area contributed by atoms with E-state index in [1.807, 2.05) is 11.8 Å². The second kappa shape index (κ2) is 7.43. The Morgan fingerprint density at radius 1 is 1.60 bits per heavy atom. The summed E-state index contributed by atoms with van der Waals surface area (Å²) in [6.45, 7) is 6.19. The molecule has 1 aliphatic rings. The Kier molecular flexibility index (Phi) is 5.86. The summed E-state index contributed by atoms with van der Waals surface area (Å²) in [5.41, 5.74) is 1.13. The van der Waals surface area contributed by atoms with Gasteiger partial charge in [0.05, 0.1) is 24.2 Å². The largest absolute Gasteiger partial charge is 0.469 e. The monoisotopic (exact) mass is 314 g/mol. The molecule has 0 amide bonds. The van der Waals surface area contributed by atoms with Crippen LogP contribution in [0, 0.1) is 0 Å². The first-order valence-corrected chi connectivity index (χ1v) is 8.96. The van der Waals surface area contributed by atoms with Gasteiger partial charge in [0, 0.05) is 41.9 Å². The van der Waals surface area contributed by atoms with E-state index in [0.717, 1.165) is 30.3 Å². The highest BCUT2D eigenvalue weighted by Gasteiger charge is 2.26. The molecule has 20 heavy (non-hydrogen) atoms. The van der Waals surface area contributed by atoms with E-state index in [1.165, 1.54) is 12.1 Å². The number of nitrogens with zero attached hydrogens (tertiary/aromatic N) is 2. The fourth-order valence-corrected chi connectivity index (χ4v) is 4.19. The topological polar surface area (TPSA) is 42.4 Å². The fraction of sp³-hybridized carbons (Fsp3) is 0.714. The summed E-state index contributed by atoms with van der Waals surface area (Å²) < 4.78 is 4.80. The highest BCUT2D eigenvalue weighted by molar-refractivity contribution is 7.99. The molecule has 0 saturated carbocycles. The standard InChI is InChI=1S/C14H22N2O2S2/c1-10(2)14-15-11(8-20-14)7-16-4-5-19-9-12(16)6-13(17)18-3/h8,10,12H,4-7,9H2,1-3H3/t12-/m1/s1. The quantitative estimate of drug-likeness (QED) is 0.782. The summed E-state index contributed by atoms with van der Waals surface area (Å²) >= 11 is 3.64. The zero-order chi connectivity index (χ0) is 14.5. The summed E-state index contributed by atoms with van der Waals surface area (Å²) in [6, 6.07) is 0.269. The predicted molar refractivity (Wildman–Crippen MR) is 84.4 cm³/mol. The van der Waals surface area contributed by atoms with E-state index in [4.69, 9.17) is 9.72 Å². The average molecular weight is 314 g/mol. The molecule has 0 bridgehead atoms. The van der Waals surface area contributed by atoms with Crippen LogP contribution in [0.15, 0.2) is 5.38 Å². The van der Waals surface area contributed by atoms with Gasteiger partial charge in [-0.25, -0.2) is 4.98 Å². The normalized spacial score (nSPS) is 20.3. The van der Waals surface area contributed by atoms with Crippen molar-refractivity contribution >= 4 is 29.1 Å². The van der Waals surface area contributed by atoms with Crippen LogP contribution in [0.3, 0.4) is 0 Å². The van der Waals surface area contributed by atoms with Crippen LogP contribution < -0.4 is 0 Å². The van der Waals surface area contributed by atoms with Gasteiger partial charge in [-0.2, -0.15) is 11.8 Å².